The quantitative estimate of drug-likeness (QED) is 0.351. The van der Waals surface area contributed by atoms with Crippen molar-refractivity contribution in [3.8, 4) is 0 Å². The summed E-state index contributed by atoms with van der Waals surface area (Å²) in [5.74, 6) is 0.280. The van der Waals surface area contributed by atoms with Gasteiger partial charge >= 0.3 is 0 Å². The molecular formula is C11H18N4OS. The molecule has 1 aliphatic carbocycles. The molecule has 0 spiro atoms. The average Bonchev–Trinajstić information content (AvgIpc) is 3.07. The van der Waals surface area contributed by atoms with Crippen molar-refractivity contribution >= 4 is 22.3 Å². The van der Waals surface area contributed by atoms with Crippen LogP contribution < -0.4 is 10.6 Å². The number of nitrogens with zero attached hydrogens (tertiary/aromatic N) is 3. The molecule has 1 aromatic rings. The van der Waals surface area contributed by atoms with Gasteiger partial charge in [0, 0.05) is 24.4 Å². The monoisotopic (exact) mass is 254 g/mol. The number of aromatic nitrogens is 1. The van der Waals surface area contributed by atoms with E-state index >= 15 is 0 Å². The molecule has 2 rings (SSSR count). The first-order valence-electron chi connectivity index (χ1n) is 5.92. The molecule has 3 N–H and O–H groups in total. The summed E-state index contributed by atoms with van der Waals surface area (Å²) in [6.07, 6.45) is 3.98. The maximum Gasteiger partial charge on any atom is 0.185 e. The van der Waals surface area contributed by atoms with E-state index in [1.165, 1.54) is 12.8 Å². The Morgan fingerprint density at radius 1 is 1.71 bits per heavy atom. The number of rotatable bonds is 6. The summed E-state index contributed by atoms with van der Waals surface area (Å²) in [6.45, 7) is 2.88. The molecule has 6 heteroatoms. The third-order valence-electron chi connectivity index (χ3n) is 2.87. The SMILES string of the molecule is CCc1csc(N(CC/C(N)=N/O)C2CC2)n1. The Balaban J connectivity index is 2.01. The zero-order valence-electron chi connectivity index (χ0n) is 9.96. The summed E-state index contributed by atoms with van der Waals surface area (Å²) in [6, 6.07) is 0.595. The minimum Gasteiger partial charge on any atom is -0.409 e. The Morgan fingerprint density at radius 2 is 2.47 bits per heavy atom. The highest BCUT2D eigenvalue weighted by atomic mass is 32.1. The number of anilines is 1. The van der Waals surface area contributed by atoms with Gasteiger partial charge in [-0.25, -0.2) is 4.98 Å². The number of aryl methyl sites for hydroxylation is 1. The summed E-state index contributed by atoms with van der Waals surface area (Å²) in [5.41, 5.74) is 6.65. The van der Waals surface area contributed by atoms with Crippen molar-refractivity contribution in [3.63, 3.8) is 0 Å². The van der Waals surface area contributed by atoms with Gasteiger partial charge in [0.1, 0.15) is 5.84 Å². The van der Waals surface area contributed by atoms with Crippen LogP contribution in [0.25, 0.3) is 0 Å². The maximum atomic E-state index is 8.55. The van der Waals surface area contributed by atoms with E-state index in [0.29, 0.717) is 12.5 Å². The van der Waals surface area contributed by atoms with Crippen LogP contribution in [0.3, 0.4) is 0 Å². The van der Waals surface area contributed by atoms with Gasteiger partial charge in [0.25, 0.3) is 0 Å². The molecule has 5 nitrogen and oxygen atoms in total. The topological polar surface area (TPSA) is 74.7 Å². The summed E-state index contributed by atoms with van der Waals surface area (Å²) in [5, 5.41) is 14.7. The van der Waals surface area contributed by atoms with Crippen molar-refractivity contribution in [1.29, 1.82) is 0 Å². The lowest BCUT2D eigenvalue weighted by Crippen LogP contribution is -2.30. The molecule has 0 aromatic carbocycles. The van der Waals surface area contributed by atoms with E-state index in [4.69, 9.17) is 10.9 Å². The van der Waals surface area contributed by atoms with Crippen LogP contribution in [0.5, 0.6) is 0 Å². The number of oxime groups is 1. The second kappa shape index (κ2) is 5.35. The van der Waals surface area contributed by atoms with Crippen LogP contribution in [0.1, 0.15) is 31.9 Å². The first-order chi connectivity index (χ1) is 8.24. The van der Waals surface area contributed by atoms with Gasteiger partial charge in [0.2, 0.25) is 0 Å². The zero-order chi connectivity index (χ0) is 12.3. The van der Waals surface area contributed by atoms with Crippen LogP contribution in [-0.4, -0.2) is 28.6 Å². The second-order valence-electron chi connectivity index (χ2n) is 4.24. The normalized spacial score (nSPS) is 16.2. The van der Waals surface area contributed by atoms with E-state index < -0.39 is 0 Å². The lowest BCUT2D eigenvalue weighted by molar-refractivity contribution is 0.317. The number of hydrogen-bond donors (Lipinski definition) is 2. The van der Waals surface area contributed by atoms with Crippen LogP contribution in [-0.2, 0) is 6.42 Å². The fraction of sp³-hybridized carbons (Fsp3) is 0.636. The van der Waals surface area contributed by atoms with Crippen LogP contribution in [0, 0.1) is 0 Å². The predicted octanol–water partition coefficient (Wildman–Crippen LogP) is 1.81. The van der Waals surface area contributed by atoms with E-state index in [-0.39, 0.29) is 5.84 Å². The van der Waals surface area contributed by atoms with Crippen molar-refractivity contribution < 1.29 is 5.21 Å². The van der Waals surface area contributed by atoms with Crippen molar-refractivity contribution in [2.75, 3.05) is 11.4 Å². The molecule has 0 saturated heterocycles. The molecule has 1 aromatic heterocycles. The van der Waals surface area contributed by atoms with Gasteiger partial charge in [-0.2, -0.15) is 0 Å². The molecule has 0 bridgehead atoms. The molecule has 1 aliphatic rings. The zero-order valence-corrected chi connectivity index (χ0v) is 10.8. The van der Waals surface area contributed by atoms with Crippen molar-refractivity contribution in [3.05, 3.63) is 11.1 Å². The minimum atomic E-state index is 0.280. The average molecular weight is 254 g/mol. The Kier molecular flexibility index (Phi) is 3.83. The first kappa shape index (κ1) is 12.2. The summed E-state index contributed by atoms with van der Waals surface area (Å²) in [4.78, 5) is 6.87. The third-order valence-corrected chi connectivity index (χ3v) is 3.80. The van der Waals surface area contributed by atoms with Crippen molar-refractivity contribution in [2.24, 2.45) is 10.9 Å². The number of amidine groups is 1. The van der Waals surface area contributed by atoms with Crippen LogP contribution in [0.4, 0.5) is 5.13 Å². The van der Waals surface area contributed by atoms with Crippen LogP contribution in [0.2, 0.25) is 0 Å². The van der Waals surface area contributed by atoms with E-state index in [2.05, 4.69) is 27.3 Å². The first-order valence-corrected chi connectivity index (χ1v) is 6.80. The fourth-order valence-corrected chi connectivity index (χ4v) is 2.70. The van der Waals surface area contributed by atoms with Gasteiger partial charge in [0.05, 0.1) is 5.69 Å². The Labute approximate surface area is 105 Å². The highest BCUT2D eigenvalue weighted by Crippen LogP contribution is 2.33. The molecule has 94 valence electrons. The Hall–Kier alpha value is -1.30. The van der Waals surface area contributed by atoms with Gasteiger partial charge < -0.3 is 15.8 Å². The fourth-order valence-electron chi connectivity index (χ4n) is 1.70. The van der Waals surface area contributed by atoms with Gasteiger partial charge in [-0.3, -0.25) is 0 Å². The molecular weight excluding hydrogens is 236 g/mol. The molecule has 0 radical (unpaired) electrons. The molecule has 0 aliphatic heterocycles. The van der Waals surface area contributed by atoms with Gasteiger partial charge in [-0.05, 0) is 19.3 Å². The molecule has 1 heterocycles. The van der Waals surface area contributed by atoms with Crippen molar-refractivity contribution in [1.82, 2.24) is 4.98 Å². The van der Waals surface area contributed by atoms with Gasteiger partial charge in [-0.1, -0.05) is 12.1 Å². The predicted molar refractivity (Wildman–Crippen MR) is 69.9 cm³/mol. The maximum absolute atomic E-state index is 8.55. The number of hydrogen-bond acceptors (Lipinski definition) is 5. The molecule has 1 saturated carbocycles. The smallest absolute Gasteiger partial charge is 0.185 e. The summed E-state index contributed by atoms with van der Waals surface area (Å²) in [7, 11) is 0. The molecule has 0 amide bonds. The lowest BCUT2D eigenvalue weighted by Gasteiger charge is -2.20. The highest BCUT2D eigenvalue weighted by molar-refractivity contribution is 7.13. The molecule has 1 fully saturated rings. The standard InChI is InChI=1S/C11H18N4OS/c1-2-8-7-17-11(13-8)15(9-3-4-9)6-5-10(12)14-16/h7,9,16H,2-6H2,1H3,(H2,12,14). The lowest BCUT2D eigenvalue weighted by atomic mass is 10.3. The largest absolute Gasteiger partial charge is 0.409 e. The Morgan fingerprint density at radius 3 is 3.00 bits per heavy atom. The van der Waals surface area contributed by atoms with Crippen LogP contribution >= 0.6 is 11.3 Å². The third kappa shape index (κ3) is 3.09. The molecule has 0 atom stereocenters. The number of nitrogens with two attached hydrogens (primary N) is 1. The van der Waals surface area contributed by atoms with Gasteiger partial charge in [-0.15, -0.1) is 11.3 Å². The molecule has 0 unspecified atom stereocenters. The second-order valence-corrected chi connectivity index (χ2v) is 5.08. The highest BCUT2D eigenvalue weighted by Gasteiger charge is 2.30. The van der Waals surface area contributed by atoms with E-state index in [0.717, 1.165) is 23.8 Å². The van der Waals surface area contributed by atoms with Crippen LogP contribution in [0.15, 0.2) is 10.5 Å². The van der Waals surface area contributed by atoms with Gasteiger partial charge in [0.15, 0.2) is 5.13 Å². The van der Waals surface area contributed by atoms with Crippen molar-refractivity contribution in [2.45, 2.75) is 38.6 Å². The van der Waals surface area contributed by atoms with E-state index in [9.17, 15) is 0 Å². The van der Waals surface area contributed by atoms with E-state index in [1.807, 2.05) is 0 Å². The Bertz CT molecular complexity index is 400. The summed E-state index contributed by atoms with van der Waals surface area (Å²) >= 11 is 1.68. The minimum absolute atomic E-state index is 0.280. The van der Waals surface area contributed by atoms with E-state index in [1.54, 1.807) is 11.3 Å². The summed E-state index contributed by atoms with van der Waals surface area (Å²) < 4.78 is 0. The number of thiazole rings is 1. The molecule has 17 heavy (non-hydrogen) atoms.